The summed E-state index contributed by atoms with van der Waals surface area (Å²) in [6.07, 6.45) is 6.73. The van der Waals surface area contributed by atoms with Crippen molar-refractivity contribution in [3.8, 4) is 39.9 Å². The first-order valence-corrected chi connectivity index (χ1v) is 19.3. The topological polar surface area (TPSA) is 43.6 Å². The minimum absolute atomic E-state index is 0.0282. The summed E-state index contributed by atoms with van der Waals surface area (Å²) in [6.45, 7) is 0. The van der Waals surface area contributed by atoms with Crippen LogP contribution in [0.2, 0.25) is 0 Å². The number of fused-ring (bicyclic) bond motifs is 3. The lowest BCUT2D eigenvalue weighted by Gasteiger charge is -2.62. The second kappa shape index (κ2) is 12.1. The van der Waals surface area contributed by atoms with E-state index in [1.54, 1.807) is 0 Å². The third-order valence-corrected chi connectivity index (χ3v) is 12.9. The van der Waals surface area contributed by atoms with Gasteiger partial charge >= 0.3 is 0 Å². The van der Waals surface area contributed by atoms with Gasteiger partial charge in [-0.1, -0.05) is 127 Å². The van der Waals surface area contributed by atoms with Gasteiger partial charge in [-0.05, 0) is 97.2 Å². The Labute approximate surface area is 310 Å². The van der Waals surface area contributed by atoms with Crippen molar-refractivity contribution < 1.29 is 0 Å². The largest absolute Gasteiger partial charge is 0.309 e. The van der Waals surface area contributed by atoms with Gasteiger partial charge in [0.25, 0.3) is 0 Å². The molecule has 0 atom stereocenters. The average Bonchev–Trinajstić information content (AvgIpc) is 3.55. The summed E-state index contributed by atoms with van der Waals surface area (Å²) in [4.78, 5) is 15.0. The number of nitrogens with zero attached hydrogens (tertiary/aromatic N) is 4. The molecule has 0 unspecified atom stereocenters. The van der Waals surface area contributed by atoms with E-state index in [1.165, 1.54) is 70.7 Å². The van der Waals surface area contributed by atoms with E-state index < -0.39 is 0 Å². The van der Waals surface area contributed by atoms with E-state index in [9.17, 15) is 0 Å². The third-order valence-electron chi connectivity index (χ3n) is 12.9. The van der Waals surface area contributed by atoms with Crippen LogP contribution in [0.5, 0.6) is 0 Å². The Bertz CT molecular complexity index is 2520. The average molecular weight is 685 g/mol. The summed E-state index contributed by atoms with van der Waals surface area (Å²) in [7, 11) is 0. The molecule has 0 spiro atoms. The van der Waals surface area contributed by atoms with Crippen molar-refractivity contribution in [1.82, 2.24) is 19.5 Å². The molecular formula is C49H40N4. The maximum absolute atomic E-state index is 5.06. The molecule has 12 rings (SSSR count). The van der Waals surface area contributed by atoms with Crippen molar-refractivity contribution in [2.45, 2.75) is 37.5 Å². The SMILES string of the molecule is c1ccc(-c2nc(-c3ccccc3)nc(-c3ccc(C4(c5ccc6c(c5)c5ccccc5n6-c5ccccc5)C5CC6CC(C5)CC4C6)cc3)n2)cc1. The predicted octanol–water partition coefficient (Wildman–Crippen LogP) is 11.7. The lowest BCUT2D eigenvalue weighted by Crippen LogP contribution is -2.56. The second-order valence-electron chi connectivity index (χ2n) is 15.7. The van der Waals surface area contributed by atoms with E-state index in [1.807, 2.05) is 36.4 Å². The van der Waals surface area contributed by atoms with Crippen LogP contribution >= 0.6 is 0 Å². The molecular weight excluding hydrogens is 645 g/mol. The third kappa shape index (κ3) is 4.85. The quantitative estimate of drug-likeness (QED) is 0.175. The molecule has 0 radical (unpaired) electrons. The van der Waals surface area contributed by atoms with Crippen molar-refractivity contribution in [1.29, 1.82) is 0 Å². The number of hydrogen-bond donors (Lipinski definition) is 0. The highest BCUT2D eigenvalue weighted by molar-refractivity contribution is 6.09. The van der Waals surface area contributed by atoms with Crippen molar-refractivity contribution in [3.63, 3.8) is 0 Å². The summed E-state index contributed by atoms with van der Waals surface area (Å²) in [5.41, 5.74) is 9.64. The second-order valence-corrected chi connectivity index (χ2v) is 15.7. The van der Waals surface area contributed by atoms with Crippen molar-refractivity contribution in [2.75, 3.05) is 0 Å². The first kappa shape index (κ1) is 30.7. The molecule has 4 nitrogen and oxygen atoms in total. The van der Waals surface area contributed by atoms with E-state index in [-0.39, 0.29) is 5.41 Å². The highest BCUT2D eigenvalue weighted by Gasteiger charge is 2.58. The van der Waals surface area contributed by atoms with Gasteiger partial charge in [0.05, 0.1) is 11.0 Å². The molecule has 53 heavy (non-hydrogen) atoms. The molecule has 0 amide bonds. The van der Waals surface area contributed by atoms with Crippen LogP contribution in [-0.4, -0.2) is 19.5 Å². The zero-order valence-corrected chi connectivity index (χ0v) is 29.6. The fourth-order valence-electron chi connectivity index (χ4n) is 11.0. The number of aromatic nitrogens is 4. The number of rotatable bonds is 6. The Hall–Kier alpha value is -5.87. The minimum Gasteiger partial charge on any atom is -0.309 e. The first-order valence-electron chi connectivity index (χ1n) is 19.3. The zero-order valence-electron chi connectivity index (χ0n) is 29.6. The molecule has 4 aliphatic carbocycles. The molecule has 4 heteroatoms. The van der Waals surface area contributed by atoms with Gasteiger partial charge in [-0.2, -0.15) is 0 Å². The van der Waals surface area contributed by atoms with Crippen molar-refractivity contribution in [2.24, 2.45) is 23.7 Å². The molecule has 4 saturated carbocycles. The van der Waals surface area contributed by atoms with E-state index in [2.05, 4.69) is 126 Å². The normalized spacial score (nSPS) is 23.2. The van der Waals surface area contributed by atoms with Crippen LogP contribution in [0.1, 0.15) is 43.2 Å². The summed E-state index contributed by atoms with van der Waals surface area (Å²) in [6, 6.07) is 57.1. The molecule has 256 valence electrons. The van der Waals surface area contributed by atoms with Gasteiger partial charge in [0.1, 0.15) is 0 Å². The van der Waals surface area contributed by atoms with Gasteiger partial charge in [0.2, 0.25) is 0 Å². The van der Waals surface area contributed by atoms with E-state index in [0.29, 0.717) is 29.3 Å². The lowest BCUT2D eigenvalue weighted by atomic mass is 9.42. The summed E-state index contributed by atoms with van der Waals surface area (Å²) >= 11 is 0. The Morgan fingerprint density at radius 1 is 0.415 bits per heavy atom. The van der Waals surface area contributed by atoms with Gasteiger partial charge in [-0.25, -0.2) is 15.0 Å². The Balaban J connectivity index is 1.07. The molecule has 8 aromatic rings. The standard InChI is InChI=1S/C49H40N4/c1-4-12-34(13-5-1)46-50-47(35-14-6-2-7-15-35)52-48(51-46)36-20-22-37(23-21-36)49(39-27-32-26-33(29-39)30-40(49)28-32)38-24-25-45-43(31-38)42-18-10-11-19-44(42)53(45)41-16-8-3-9-17-41/h1-25,31-33,39-40H,26-30H2. The molecule has 4 bridgehead atoms. The lowest BCUT2D eigenvalue weighted by molar-refractivity contribution is -0.0417. The van der Waals surface area contributed by atoms with Gasteiger partial charge in [-0.3, -0.25) is 0 Å². The van der Waals surface area contributed by atoms with Crippen molar-refractivity contribution in [3.05, 3.63) is 169 Å². The van der Waals surface area contributed by atoms with Crippen LogP contribution in [-0.2, 0) is 5.41 Å². The van der Waals surface area contributed by atoms with Gasteiger partial charge in [0.15, 0.2) is 17.5 Å². The summed E-state index contributed by atoms with van der Waals surface area (Å²) in [5, 5.41) is 2.67. The van der Waals surface area contributed by atoms with Gasteiger partial charge in [-0.15, -0.1) is 0 Å². The minimum atomic E-state index is -0.0282. The number of para-hydroxylation sites is 2. The molecule has 6 aromatic carbocycles. The van der Waals surface area contributed by atoms with Crippen LogP contribution in [0.15, 0.2) is 158 Å². The Kier molecular flexibility index (Phi) is 7.01. The maximum atomic E-state index is 5.06. The van der Waals surface area contributed by atoms with Crippen LogP contribution in [0.4, 0.5) is 0 Å². The van der Waals surface area contributed by atoms with Crippen LogP contribution in [0.25, 0.3) is 61.7 Å². The highest BCUT2D eigenvalue weighted by atomic mass is 15.0. The molecule has 4 fully saturated rings. The number of hydrogen-bond acceptors (Lipinski definition) is 3. The zero-order chi connectivity index (χ0) is 34.9. The molecule has 0 aliphatic heterocycles. The van der Waals surface area contributed by atoms with E-state index >= 15 is 0 Å². The summed E-state index contributed by atoms with van der Waals surface area (Å²) in [5.74, 6) is 5.10. The fourth-order valence-corrected chi connectivity index (χ4v) is 11.0. The van der Waals surface area contributed by atoms with Gasteiger partial charge in [0, 0.05) is 38.6 Å². The molecule has 0 N–H and O–H groups in total. The monoisotopic (exact) mass is 684 g/mol. The Morgan fingerprint density at radius 2 is 0.887 bits per heavy atom. The molecule has 0 saturated heterocycles. The van der Waals surface area contributed by atoms with Crippen LogP contribution in [0.3, 0.4) is 0 Å². The van der Waals surface area contributed by atoms with Crippen molar-refractivity contribution >= 4 is 21.8 Å². The first-order chi connectivity index (χ1) is 26.2. The molecule has 2 heterocycles. The van der Waals surface area contributed by atoms with E-state index in [0.717, 1.165) is 28.5 Å². The molecule has 4 aliphatic rings. The van der Waals surface area contributed by atoms with Gasteiger partial charge < -0.3 is 4.57 Å². The predicted molar refractivity (Wildman–Crippen MR) is 215 cm³/mol. The molecule has 2 aromatic heterocycles. The highest BCUT2D eigenvalue weighted by Crippen LogP contribution is 2.65. The van der Waals surface area contributed by atoms with E-state index in [4.69, 9.17) is 15.0 Å². The number of benzene rings is 6. The smallest absolute Gasteiger partial charge is 0.164 e. The fraction of sp³-hybridized carbons (Fsp3) is 0.204. The summed E-state index contributed by atoms with van der Waals surface area (Å²) < 4.78 is 2.44. The van der Waals surface area contributed by atoms with Crippen LogP contribution < -0.4 is 0 Å². The Morgan fingerprint density at radius 3 is 1.47 bits per heavy atom. The maximum Gasteiger partial charge on any atom is 0.164 e. The van der Waals surface area contributed by atoms with Crippen LogP contribution in [0, 0.1) is 23.7 Å².